The largest absolute Gasteiger partial charge is 0.307 e. The molecule has 8 rings (SSSR count). The molecule has 0 aliphatic carbocycles. The average molecular weight is 658 g/mol. The van der Waals surface area contributed by atoms with E-state index in [-0.39, 0.29) is 16.2 Å². The summed E-state index contributed by atoms with van der Waals surface area (Å²) in [5.41, 5.74) is 14.2. The summed E-state index contributed by atoms with van der Waals surface area (Å²) < 4.78 is 5.12. The maximum absolute atomic E-state index is 2.70. The Bertz CT molecular complexity index is 2610. The fourth-order valence-electron chi connectivity index (χ4n) is 9.06. The molecule has 0 aliphatic heterocycles. The molecule has 0 saturated carbocycles. The first-order valence-corrected chi connectivity index (χ1v) is 18.6. The summed E-state index contributed by atoms with van der Waals surface area (Å²) in [7, 11) is 2.26. The molecule has 8 aromatic rings. The number of pyridine rings is 2. The van der Waals surface area contributed by atoms with Gasteiger partial charge < -0.3 is 4.40 Å². The van der Waals surface area contributed by atoms with Crippen LogP contribution in [0.15, 0.2) is 85.1 Å². The Hall–Kier alpha value is -4.43. The van der Waals surface area contributed by atoms with E-state index in [1.165, 1.54) is 93.2 Å². The minimum atomic E-state index is 0.102. The Morgan fingerprint density at radius 1 is 0.560 bits per heavy atom. The summed E-state index contributed by atoms with van der Waals surface area (Å²) in [6, 6.07) is 30.2. The lowest BCUT2D eigenvalue weighted by Crippen LogP contribution is -2.29. The van der Waals surface area contributed by atoms with Crippen molar-refractivity contribution in [3.8, 4) is 11.1 Å². The molecule has 0 aliphatic rings. The molecule has 3 heterocycles. The molecule has 0 fully saturated rings. The van der Waals surface area contributed by atoms with Crippen molar-refractivity contribution in [2.75, 3.05) is 0 Å². The fraction of sp³-hybridized carbons (Fsp3) is 0.354. The lowest BCUT2D eigenvalue weighted by atomic mass is 9.79. The zero-order valence-corrected chi connectivity index (χ0v) is 32.1. The molecule has 0 radical (unpaired) electrons. The van der Waals surface area contributed by atoms with Crippen LogP contribution >= 0.6 is 0 Å². The van der Waals surface area contributed by atoms with Crippen molar-refractivity contribution in [2.45, 2.75) is 88.5 Å². The Kier molecular flexibility index (Phi) is 7.23. The Morgan fingerprint density at radius 3 is 1.88 bits per heavy atom. The number of hydrogen-bond donors (Lipinski definition) is 0. The highest BCUT2D eigenvalue weighted by molar-refractivity contribution is 6.32. The van der Waals surface area contributed by atoms with Crippen LogP contribution in [0.5, 0.6) is 0 Å². The molecule has 0 unspecified atom stereocenters. The van der Waals surface area contributed by atoms with Crippen LogP contribution in [0.1, 0.15) is 84.6 Å². The molecule has 0 atom stereocenters. The normalized spacial score (nSPS) is 13.3. The molecular formula is C48H53N2+. The SMILES string of the molecule is Cc1c2cc(CC(C)(C)C)ccc2c(CC(C)(C)C)c2c1c1c3c(cc[n+]1C)c(-c1ccccc1)c(CC(C)(C)C)c1c4ccccc4n2c13. The molecule has 0 N–H and O–H groups in total. The topological polar surface area (TPSA) is 8.29 Å². The van der Waals surface area contributed by atoms with E-state index in [0.717, 1.165) is 19.3 Å². The molecule has 2 heteroatoms. The van der Waals surface area contributed by atoms with Gasteiger partial charge in [-0.1, -0.05) is 129 Å². The number of para-hydroxylation sites is 1. The van der Waals surface area contributed by atoms with E-state index in [4.69, 9.17) is 0 Å². The third kappa shape index (κ3) is 5.17. The van der Waals surface area contributed by atoms with Gasteiger partial charge in [0.25, 0.3) is 0 Å². The van der Waals surface area contributed by atoms with Gasteiger partial charge in [-0.05, 0) is 92.7 Å². The molecule has 2 nitrogen and oxygen atoms in total. The van der Waals surface area contributed by atoms with E-state index in [9.17, 15) is 0 Å². The highest BCUT2D eigenvalue weighted by atomic mass is 15.0. The molecule has 5 aromatic carbocycles. The molecular weight excluding hydrogens is 605 g/mol. The minimum absolute atomic E-state index is 0.102. The summed E-state index contributed by atoms with van der Waals surface area (Å²) in [5.74, 6) is 0. The number of fused-ring (bicyclic) bond motifs is 7. The molecule has 254 valence electrons. The van der Waals surface area contributed by atoms with Crippen molar-refractivity contribution in [1.29, 1.82) is 0 Å². The Balaban J connectivity index is 1.72. The van der Waals surface area contributed by atoms with Gasteiger partial charge in [0.15, 0.2) is 6.20 Å². The van der Waals surface area contributed by atoms with Crippen molar-refractivity contribution >= 4 is 59.8 Å². The van der Waals surface area contributed by atoms with Gasteiger partial charge in [0.05, 0.1) is 27.3 Å². The minimum Gasteiger partial charge on any atom is -0.307 e. The summed E-state index contributed by atoms with van der Waals surface area (Å²) in [6.07, 6.45) is 5.36. The van der Waals surface area contributed by atoms with Crippen LogP contribution in [0, 0.1) is 23.2 Å². The average Bonchev–Trinajstić information content (AvgIpc) is 3.37. The maximum Gasteiger partial charge on any atom is 0.224 e. The number of benzene rings is 5. The summed E-state index contributed by atoms with van der Waals surface area (Å²) >= 11 is 0. The van der Waals surface area contributed by atoms with E-state index in [2.05, 4.69) is 170 Å². The first kappa shape index (κ1) is 32.8. The zero-order valence-electron chi connectivity index (χ0n) is 32.1. The smallest absolute Gasteiger partial charge is 0.224 e. The van der Waals surface area contributed by atoms with Gasteiger partial charge in [0.2, 0.25) is 5.52 Å². The monoisotopic (exact) mass is 657 g/mol. The van der Waals surface area contributed by atoms with Gasteiger partial charge in [-0.15, -0.1) is 0 Å². The second-order valence-corrected chi connectivity index (χ2v) is 18.8. The van der Waals surface area contributed by atoms with Crippen LogP contribution in [0.4, 0.5) is 0 Å². The molecule has 0 spiro atoms. The third-order valence-corrected chi connectivity index (χ3v) is 10.7. The second-order valence-electron chi connectivity index (χ2n) is 18.8. The van der Waals surface area contributed by atoms with Crippen molar-refractivity contribution < 1.29 is 4.57 Å². The van der Waals surface area contributed by atoms with Crippen molar-refractivity contribution in [3.05, 3.63) is 107 Å². The summed E-state index contributed by atoms with van der Waals surface area (Å²) in [6.45, 7) is 23.8. The van der Waals surface area contributed by atoms with Crippen LogP contribution in [0.25, 0.3) is 70.9 Å². The highest BCUT2D eigenvalue weighted by Crippen LogP contribution is 2.50. The number of rotatable bonds is 4. The Morgan fingerprint density at radius 2 is 1.20 bits per heavy atom. The lowest BCUT2D eigenvalue weighted by molar-refractivity contribution is -0.643. The second kappa shape index (κ2) is 11.0. The van der Waals surface area contributed by atoms with Crippen LogP contribution in [0.3, 0.4) is 0 Å². The molecule has 0 saturated heterocycles. The first-order chi connectivity index (χ1) is 23.5. The molecule has 0 bridgehead atoms. The van der Waals surface area contributed by atoms with E-state index in [1.807, 2.05) is 0 Å². The van der Waals surface area contributed by atoms with Crippen molar-refractivity contribution in [2.24, 2.45) is 23.3 Å². The van der Waals surface area contributed by atoms with Crippen LogP contribution in [0.2, 0.25) is 0 Å². The highest BCUT2D eigenvalue weighted by Gasteiger charge is 2.32. The van der Waals surface area contributed by atoms with Crippen molar-refractivity contribution in [3.63, 3.8) is 0 Å². The predicted octanol–water partition coefficient (Wildman–Crippen LogP) is 12.7. The molecule has 0 amide bonds. The first-order valence-electron chi connectivity index (χ1n) is 18.6. The standard InChI is InChI=1S/C48H53N2/c1-29-35-25-30(26-46(2,3)4)21-22-32(35)36(27-47(5,6)7)43-39(29)44-42-34(23-24-49(44)11)40(31-17-13-12-14-18-31)37(28-48(8,9)10)41-33-19-15-16-20-38(33)50(43)45(41)42/h12-25H,26-28H2,1-11H3/q+1. The van der Waals surface area contributed by atoms with Crippen LogP contribution < -0.4 is 4.57 Å². The number of aryl methyl sites for hydroxylation is 2. The maximum atomic E-state index is 2.70. The summed E-state index contributed by atoms with van der Waals surface area (Å²) in [5, 5.41) is 9.67. The van der Waals surface area contributed by atoms with E-state index < -0.39 is 0 Å². The predicted molar refractivity (Wildman–Crippen MR) is 217 cm³/mol. The van der Waals surface area contributed by atoms with E-state index in [1.54, 1.807) is 0 Å². The van der Waals surface area contributed by atoms with Gasteiger partial charge in [-0.2, -0.15) is 0 Å². The van der Waals surface area contributed by atoms with Gasteiger partial charge in [0.1, 0.15) is 7.05 Å². The zero-order chi connectivity index (χ0) is 35.5. The summed E-state index contributed by atoms with van der Waals surface area (Å²) in [4.78, 5) is 0. The molecule has 3 aromatic heterocycles. The third-order valence-electron chi connectivity index (χ3n) is 10.7. The van der Waals surface area contributed by atoms with Gasteiger partial charge in [0, 0.05) is 22.2 Å². The van der Waals surface area contributed by atoms with Crippen LogP contribution in [-0.2, 0) is 26.3 Å². The molecule has 50 heavy (non-hydrogen) atoms. The van der Waals surface area contributed by atoms with Crippen LogP contribution in [-0.4, -0.2) is 4.40 Å². The fourth-order valence-corrected chi connectivity index (χ4v) is 9.06. The van der Waals surface area contributed by atoms with Gasteiger partial charge in [-0.25, -0.2) is 4.57 Å². The quantitative estimate of drug-likeness (QED) is 0.101. The number of aromatic nitrogens is 2. The Labute approximate surface area is 298 Å². The van der Waals surface area contributed by atoms with Gasteiger partial charge >= 0.3 is 0 Å². The van der Waals surface area contributed by atoms with Crippen molar-refractivity contribution in [1.82, 2.24) is 4.40 Å². The lowest BCUT2D eigenvalue weighted by Gasteiger charge is -2.26. The number of hydrogen-bond acceptors (Lipinski definition) is 0. The number of nitrogens with zero attached hydrogens (tertiary/aromatic N) is 2. The van der Waals surface area contributed by atoms with E-state index in [0.29, 0.717) is 0 Å². The van der Waals surface area contributed by atoms with E-state index >= 15 is 0 Å². The van der Waals surface area contributed by atoms with Gasteiger partial charge in [-0.3, -0.25) is 0 Å².